The highest BCUT2D eigenvalue weighted by Crippen LogP contribution is 2.27. The average molecular weight is 295 g/mol. The number of rotatable bonds is 2. The maximum atomic E-state index is 13.2. The van der Waals surface area contributed by atoms with Crippen LogP contribution in [0.4, 0.5) is 4.39 Å². The summed E-state index contributed by atoms with van der Waals surface area (Å²) in [6.07, 6.45) is 0. The SMILES string of the molecule is OB(O)c1ccccc1-c1cc(F)ccc1Br. The molecule has 2 aromatic rings. The van der Waals surface area contributed by atoms with Crippen molar-refractivity contribution in [3.63, 3.8) is 0 Å². The van der Waals surface area contributed by atoms with Crippen LogP contribution in [0.5, 0.6) is 0 Å². The van der Waals surface area contributed by atoms with Crippen molar-refractivity contribution in [3.05, 3.63) is 52.8 Å². The standard InChI is InChI=1S/C12H9BBrFO2/c14-12-6-5-8(15)7-10(12)9-3-1-2-4-11(9)13(16)17/h1-7,16-17H. The van der Waals surface area contributed by atoms with E-state index in [-0.39, 0.29) is 5.82 Å². The molecular weight excluding hydrogens is 286 g/mol. The normalized spacial score (nSPS) is 10.4. The molecule has 0 bridgehead atoms. The Balaban J connectivity index is 2.64. The van der Waals surface area contributed by atoms with Gasteiger partial charge in [-0.05, 0) is 34.8 Å². The molecule has 0 aliphatic rings. The Morgan fingerprint density at radius 3 is 2.41 bits per heavy atom. The zero-order valence-corrected chi connectivity index (χ0v) is 10.4. The van der Waals surface area contributed by atoms with Gasteiger partial charge >= 0.3 is 7.12 Å². The van der Waals surface area contributed by atoms with Gasteiger partial charge in [0, 0.05) is 4.47 Å². The van der Waals surface area contributed by atoms with Crippen LogP contribution in [0.15, 0.2) is 46.9 Å². The van der Waals surface area contributed by atoms with Crippen molar-refractivity contribution < 1.29 is 14.4 Å². The lowest BCUT2D eigenvalue weighted by atomic mass is 9.75. The first-order chi connectivity index (χ1) is 8.09. The first kappa shape index (κ1) is 12.3. The molecule has 0 saturated heterocycles. The molecule has 0 fully saturated rings. The summed E-state index contributed by atoms with van der Waals surface area (Å²) in [6.45, 7) is 0. The molecule has 0 amide bonds. The van der Waals surface area contributed by atoms with E-state index >= 15 is 0 Å². The predicted molar refractivity (Wildman–Crippen MR) is 69.4 cm³/mol. The highest BCUT2D eigenvalue weighted by atomic mass is 79.9. The molecule has 86 valence electrons. The summed E-state index contributed by atoms with van der Waals surface area (Å²) in [6, 6.07) is 11.1. The molecule has 0 saturated carbocycles. The zero-order chi connectivity index (χ0) is 12.4. The van der Waals surface area contributed by atoms with Gasteiger partial charge in [-0.3, -0.25) is 0 Å². The second-order valence-electron chi connectivity index (χ2n) is 3.59. The van der Waals surface area contributed by atoms with Gasteiger partial charge in [0.15, 0.2) is 0 Å². The van der Waals surface area contributed by atoms with Crippen molar-refractivity contribution in [3.8, 4) is 11.1 Å². The van der Waals surface area contributed by atoms with Crippen LogP contribution in [0.1, 0.15) is 0 Å². The van der Waals surface area contributed by atoms with Crippen LogP contribution in [-0.4, -0.2) is 17.2 Å². The lowest BCUT2D eigenvalue weighted by Gasteiger charge is -2.10. The van der Waals surface area contributed by atoms with Gasteiger partial charge in [0.05, 0.1) is 0 Å². The fourth-order valence-electron chi connectivity index (χ4n) is 1.67. The quantitative estimate of drug-likeness (QED) is 0.831. The molecule has 17 heavy (non-hydrogen) atoms. The summed E-state index contributed by atoms with van der Waals surface area (Å²) in [5.74, 6) is -0.370. The van der Waals surface area contributed by atoms with Crippen molar-refractivity contribution in [2.45, 2.75) is 0 Å². The summed E-state index contributed by atoms with van der Waals surface area (Å²) < 4.78 is 13.9. The molecule has 5 heteroatoms. The van der Waals surface area contributed by atoms with Gasteiger partial charge in [-0.2, -0.15) is 0 Å². The minimum absolute atomic E-state index is 0.346. The number of hydrogen-bond acceptors (Lipinski definition) is 2. The summed E-state index contributed by atoms with van der Waals surface area (Å²) >= 11 is 3.32. The van der Waals surface area contributed by atoms with E-state index in [4.69, 9.17) is 0 Å². The minimum atomic E-state index is -1.58. The Labute approximate surface area is 107 Å². The Kier molecular flexibility index (Phi) is 3.62. The fourth-order valence-corrected chi connectivity index (χ4v) is 2.13. The van der Waals surface area contributed by atoms with E-state index in [1.807, 2.05) is 0 Å². The second-order valence-corrected chi connectivity index (χ2v) is 4.44. The largest absolute Gasteiger partial charge is 0.489 e. The molecule has 0 spiro atoms. The molecule has 0 aliphatic heterocycles. The summed E-state index contributed by atoms with van der Waals surface area (Å²) in [5.41, 5.74) is 1.53. The van der Waals surface area contributed by atoms with E-state index in [9.17, 15) is 14.4 Å². The van der Waals surface area contributed by atoms with Crippen LogP contribution in [-0.2, 0) is 0 Å². The summed E-state index contributed by atoms with van der Waals surface area (Å²) in [7, 11) is -1.58. The molecule has 0 unspecified atom stereocenters. The molecule has 0 atom stereocenters. The van der Waals surface area contributed by atoms with E-state index in [2.05, 4.69) is 15.9 Å². The number of hydrogen-bond donors (Lipinski definition) is 2. The van der Waals surface area contributed by atoms with E-state index in [1.165, 1.54) is 12.1 Å². The van der Waals surface area contributed by atoms with Crippen LogP contribution in [0.25, 0.3) is 11.1 Å². The molecule has 2 rings (SSSR count). The lowest BCUT2D eigenvalue weighted by molar-refractivity contribution is 0.426. The molecule has 2 nitrogen and oxygen atoms in total. The van der Waals surface area contributed by atoms with E-state index in [0.29, 0.717) is 21.1 Å². The van der Waals surface area contributed by atoms with Crippen molar-refractivity contribution in [1.29, 1.82) is 0 Å². The maximum absolute atomic E-state index is 13.2. The van der Waals surface area contributed by atoms with Crippen molar-refractivity contribution >= 4 is 28.5 Å². The van der Waals surface area contributed by atoms with Crippen LogP contribution in [0.3, 0.4) is 0 Å². The molecular formula is C12H9BBrFO2. The van der Waals surface area contributed by atoms with Crippen LogP contribution in [0.2, 0.25) is 0 Å². The van der Waals surface area contributed by atoms with E-state index in [1.54, 1.807) is 30.3 Å². The topological polar surface area (TPSA) is 40.5 Å². The Morgan fingerprint density at radius 2 is 1.71 bits per heavy atom. The third-order valence-electron chi connectivity index (χ3n) is 2.46. The van der Waals surface area contributed by atoms with E-state index in [0.717, 1.165) is 0 Å². The zero-order valence-electron chi connectivity index (χ0n) is 8.77. The van der Waals surface area contributed by atoms with Crippen molar-refractivity contribution in [2.75, 3.05) is 0 Å². The third kappa shape index (κ3) is 2.57. The first-order valence-corrected chi connectivity index (χ1v) is 5.79. The van der Waals surface area contributed by atoms with Gasteiger partial charge in [-0.25, -0.2) is 4.39 Å². The highest BCUT2D eigenvalue weighted by Gasteiger charge is 2.17. The van der Waals surface area contributed by atoms with Crippen molar-refractivity contribution in [1.82, 2.24) is 0 Å². The van der Waals surface area contributed by atoms with Gasteiger partial charge in [-0.15, -0.1) is 0 Å². The first-order valence-electron chi connectivity index (χ1n) is 5.00. The minimum Gasteiger partial charge on any atom is -0.423 e. The highest BCUT2D eigenvalue weighted by molar-refractivity contribution is 9.10. The molecule has 0 aliphatic carbocycles. The molecule has 2 N–H and O–H groups in total. The summed E-state index contributed by atoms with van der Waals surface area (Å²) in [5, 5.41) is 18.5. The molecule has 0 radical (unpaired) electrons. The van der Waals surface area contributed by atoms with Gasteiger partial charge in [0.2, 0.25) is 0 Å². The van der Waals surface area contributed by atoms with Gasteiger partial charge < -0.3 is 10.0 Å². The van der Waals surface area contributed by atoms with Crippen molar-refractivity contribution in [2.24, 2.45) is 0 Å². The van der Waals surface area contributed by atoms with Crippen LogP contribution in [0, 0.1) is 5.82 Å². The second kappa shape index (κ2) is 5.00. The van der Waals surface area contributed by atoms with Crippen LogP contribution < -0.4 is 5.46 Å². The predicted octanol–water partition coefficient (Wildman–Crippen LogP) is 1.93. The maximum Gasteiger partial charge on any atom is 0.489 e. The Morgan fingerprint density at radius 1 is 1.00 bits per heavy atom. The average Bonchev–Trinajstić information content (AvgIpc) is 2.32. The molecule has 2 aromatic carbocycles. The van der Waals surface area contributed by atoms with Gasteiger partial charge in [0.25, 0.3) is 0 Å². The lowest BCUT2D eigenvalue weighted by Crippen LogP contribution is -2.31. The summed E-state index contributed by atoms with van der Waals surface area (Å²) in [4.78, 5) is 0. The van der Waals surface area contributed by atoms with Crippen LogP contribution >= 0.6 is 15.9 Å². The Hall–Kier alpha value is -1.17. The van der Waals surface area contributed by atoms with Gasteiger partial charge in [-0.1, -0.05) is 40.2 Å². The molecule has 0 heterocycles. The Bertz CT molecular complexity index is 546. The van der Waals surface area contributed by atoms with E-state index < -0.39 is 7.12 Å². The smallest absolute Gasteiger partial charge is 0.423 e. The monoisotopic (exact) mass is 294 g/mol. The number of halogens is 2. The fraction of sp³-hybridized carbons (Fsp3) is 0. The number of benzene rings is 2. The van der Waals surface area contributed by atoms with Gasteiger partial charge in [0.1, 0.15) is 5.82 Å². The molecule has 0 aromatic heterocycles. The third-order valence-corrected chi connectivity index (χ3v) is 3.15.